The summed E-state index contributed by atoms with van der Waals surface area (Å²) < 4.78 is 0. The van der Waals surface area contributed by atoms with E-state index in [4.69, 9.17) is 10.6 Å². The number of carbonyl (C=O) groups excluding carboxylic acids is 2. The third-order valence-electron chi connectivity index (χ3n) is 2.44. The fourth-order valence-electron chi connectivity index (χ4n) is 1.29. The van der Waals surface area contributed by atoms with Crippen LogP contribution in [0.4, 0.5) is 0 Å². The number of carbonyl (C=O) groups is 2. The van der Waals surface area contributed by atoms with Gasteiger partial charge in [0.15, 0.2) is 6.61 Å². The molecule has 0 atom stereocenters. The Morgan fingerprint density at radius 2 is 1.88 bits per heavy atom. The summed E-state index contributed by atoms with van der Waals surface area (Å²) in [5, 5.41) is 0. The lowest BCUT2D eigenvalue weighted by Crippen LogP contribution is -2.41. The van der Waals surface area contributed by atoms with Crippen LogP contribution in [-0.4, -0.2) is 18.4 Å². The monoisotopic (exact) mass is 236 g/mol. The van der Waals surface area contributed by atoms with Crippen LogP contribution in [0, 0.1) is 0 Å². The van der Waals surface area contributed by atoms with Gasteiger partial charge in [-0.25, -0.2) is 5.48 Å². The zero-order chi connectivity index (χ0) is 12.9. The smallest absolute Gasteiger partial charge is 0.253 e. The summed E-state index contributed by atoms with van der Waals surface area (Å²) in [6, 6.07) is 9.30. The molecule has 17 heavy (non-hydrogen) atoms. The van der Waals surface area contributed by atoms with E-state index in [1.807, 2.05) is 30.3 Å². The van der Waals surface area contributed by atoms with E-state index in [-0.39, 0.29) is 12.5 Å². The molecule has 0 aliphatic carbocycles. The lowest BCUT2D eigenvalue weighted by atomic mass is 9.84. The van der Waals surface area contributed by atoms with Crippen LogP contribution in [0.1, 0.15) is 19.4 Å². The SMILES string of the molecule is CC(C)(C(=O)NOCC(N)=O)c1ccccc1. The first-order valence-corrected chi connectivity index (χ1v) is 5.20. The van der Waals surface area contributed by atoms with Gasteiger partial charge in [-0.05, 0) is 19.4 Å². The van der Waals surface area contributed by atoms with Gasteiger partial charge in [-0.2, -0.15) is 0 Å². The molecule has 0 unspecified atom stereocenters. The number of benzene rings is 1. The van der Waals surface area contributed by atoms with Gasteiger partial charge in [-0.3, -0.25) is 14.4 Å². The molecule has 0 saturated carbocycles. The number of hydrogen-bond acceptors (Lipinski definition) is 3. The normalized spacial score (nSPS) is 10.9. The second-order valence-corrected chi connectivity index (χ2v) is 4.18. The topological polar surface area (TPSA) is 81.4 Å². The summed E-state index contributed by atoms with van der Waals surface area (Å²) in [5.74, 6) is -0.965. The van der Waals surface area contributed by atoms with E-state index in [2.05, 4.69) is 5.48 Å². The maximum Gasteiger partial charge on any atom is 0.253 e. The molecule has 1 aromatic carbocycles. The molecule has 2 amide bonds. The maximum atomic E-state index is 11.9. The Balaban J connectivity index is 2.64. The largest absolute Gasteiger partial charge is 0.368 e. The molecule has 0 aliphatic heterocycles. The Labute approximate surface area is 99.9 Å². The van der Waals surface area contributed by atoms with Gasteiger partial charge in [0.05, 0.1) is 5.41 Å². The number of hydrogen-bond donors (Lipinski definition) is 2. The fraction of sp³-hybridized carbons (Fsp3) is 0.333. The second-order valence-electron chi connectivity index (χ2n) is 4.18. The minimum Gasteiger partial charge on any atom is -0.368 e. The van der Waals surface area contributed by atoms with Crippen LogP contribution in [0.3, 0.4) is 0 Å². The Kier molecular flexibility index (Phi) is 4.23. The van der Waals surface area contributed by atoms with Crippen molar-refractivity contribution in [1.29, 1.82) is 0 Å². The highest BCUT2D eigenvalue weighted by Crippen LogP contribution is 2.22. The van der Waals surface area contributed by atoms with Gasteiger partial charge >= 0.3 is 0 Å². The highest BCUT2D eigenvalue weighted by molar-refractivity contribution is 5.86. The summed E-state index contributed by atoms with van der Waals surface area (Å²) >= 11 is 0. The molecule has 1 rings (SSSR count). The first-order valence-electron chi connectivity index (χ1n) is 5.20. The first-order chi connectivity index (χ1) is 7.94. The third kappa shape index (κ3) is 3.57. The number of primary amides is 1. The van der Waals surface area contributed by atoms with E-state index < -0.39 is 11.3 Å². The number of nitrogens with two attached hydrogens (primary N) is 1. The van der Waals surface area contributed by atoms with Crippen molar-refractivity contribution < 1.29 is 14.4 Å². The Morgan fingerprint density at radius 1 is 1.29 bits per heavy atom. The molecule has 0 heterocycles. The lowest BCUT2D eigenvalue weighted by molar-refractivity contribution is -0.141. The molecule has 0 bridgehead atoms. The molecule has 5 nitrogen and oxygen atoms in total. The molecular weight excluding hydrogens is 220 g/mol. The third-order valence-corrected chi connectivity index (χ3v) is 2.44. The summed E-state index contributed by atoms with van der Waals surface area (Å²) in [6.45, 7) is 3.20. The molecule has 0 spiro atoms. The van der Waals surface area contributed by atoms with Crippen molar-refractivity contribution in [3.05, 3.63) is 35.9 Å². The van der Waals surface area contributed by atoms with Crippen LogP contribution >= 0.6 is 0 Å². The second kappa shape index (κ2) is 5.45. The molecule has 0 aromatic heterocycles. The number of amides is 2. The van der Waals surface area contributed by atoms with Gasteiger partial charge in [0, 0.05) is 0 Å². The summed E-state index contributed by atoms with van der Waals surface area (Å²) in [5.41, 5.74) is 7.22. The summed E-state index contributed by atoms with van der Waals surface area (Å²) in [4.78, 5) is 27.0. The van der Waals surface area contributed by atoms with Gasteiger partial charge in [0.2, 0.25) is 5.91 Å². The standard InChI is InChI=1S/C12H16N2O3/c1-12(2,9-6-4-3-5-7-9)11(16)14-17-8-10(13)15/h3-7H,8H2,1-2H3,(H2,13,15)(H,14,16). The maximum absolute atomic E-state index is 11.9. The average molecular weight is 236 g/mol. The van der Waals surface area contributed by atoms with Crippen molar-refractivity contribution in [3.8, 4) is 0 Å². The molecule has 1 aromatic rings. The molecule has 0 saturated heterocycles. The summed E-state index contributed by atoms with van der Waals surface area (Å²) in [6.07, 6.45) is 0. The van der Waals surface area contributed by atoms with Gasteiger partial charge in [-0.15, -0.1) is 0 Å². The summed E-state index contributed by atoms with van der Waals surface area (Å²) in [7, 11) is 0. The number of hydroxylamine groups is 1. The molecule has 3 N–H and O–H groups in total. The van der Waals surface area contributed by atoms with E-state index in [9.17, 15) is 9.59 Å². The van der Waals surface area contributed by atoms with E-state index >= 15 is 0 Å². The lowest BCUT2D eigenvalue weighted by Gasteiger charge is -2.23. The van der Waals surface area contributed by atoms with Gasteiger partial charge in [0.25, 0.3) is 5.91 Å². The van der Waals surface area contributed by atoms with E-state index in [1.54, 1.807) is 13.8 Å². The molecule has 5 heteroatoms. The fourth-order valence-corrected chi connectivity index (χ4v) is 1.29. The molecule has 0 aliphatic rings. The quantitative estimate of drug-likeness (QED) is 0.730. The van der Waals surface area contributed by atoms with E-state index in [0.717, 1.165) is 5.56 Å². The minimum absolute atomic E-state index is 0.329. The van der Waals surface area contributed by atoms with Crippen molar-refractivity contribution in [1.82, 2.24) is 5.48 Å². The van der Waals surface area contributed by atoms with Gasteiger partial charge in [0.1, 0.15) is 0 Å². The highest BCUT2D eigenvalue weighted by Gasteiger charge is 2.29. The van der Waals surface area contributed by atoms with Crippen molar-refractivity contribution in [2.24, 2.45) is 5.73 Å². The van der Waals surface area contributed by atoms with Crippen molar-refractivity contribution >= 4 is 11.8 Å². The number of nitrogens with one attached hydrogen (secondary N) is 1. The zero-order valence-corrected chi connectivity index (χ0v) is 9.90. The van der Waals surface area contributed by atoms with Crippen LogP contribution in [0.2, 0.25) is 0 Å². The average Bonchev–Trinajstić information content (AvgIpc) is 2.29. The number of rotatable bonds is 5. The zero-order valence-electron chi connectivity index (χ0n) is 9.90. The predicted octanol–water partition coefficient (Wildman–Crippen LogP) is 0.497. The molecule has 0 radical (unpaired) electrons. The van der Waals surface area contributed by atoms with Crippen LogP contribution in [-0.2, 0) is 19.8 Å². The minimum atomic E-state index is -0.737. The van der Waals surface area contributed by atoms with Crippen molar-refractivity contribution in [2.45, 2.75) is 19.3 Å². The van der Waals surface area contributed by atoms with Gasteiger partial charge in [-0.1, -0.05) is 30.3 Å². The Bertz CT molecular complexity index is 401. The van der Waals surface area contributed by atoms with Gasteiger partial charge < -0.3 is 5.73 Å². The highest BCUT2D eigenvalue weighted by atomic mass is 16.7. The van der Waals surface area contributed by atoms with Crippen molar-refractivity contribution in [2.75, 3.05) is 6.61 Å². The van der Waals surface area contributed by atoms with Crippen LogP contribution < -0.4 is 11.2 Å². The Morgan fingerprint density at radius 3 is 2.41 bits per heavy atom. The van der Waals surface area contributed by atoms with E-state index in [1.165, 1.54) is 0 Å². The van der Waals surface area contributed by atoms with Crippen LogP contribution in [0.15, 0.2) is 30.3 Å². The van der Waals surface area contributed by atoms with Crippen molar-refractivity contribution in [3.63, 3.8) is 0 Å². The van der Waals surface area contributed by atoms with Crippen LogP contribution in [0.25, 0.3) is 0 Å². The first kappa shape index (κ1) is 13.2. The van der Waals surface area contributed by atoms with Crippen LogP contribution in [0.5, 0.6) is 0 Å². The predicted molar refractivity (Wildman–Crippen MR) is 62.8 cm³/mol. The molecular formula is C12H16N2O3. The molecule has 0 fully saturated rings. The van der Waals surface area contributed by atoms with E-state index in [0.29, 0.717) is 0 Å². The Hall–Kier alpha value is -1.88. The molecule has 92 valence electrons.